The smallest absolute Gasteiger partial charge is 0.279 e. The molecule has 0 aliphatic heterocycles. The Bertz CT molecular complexity index is 699. The van der Waals surface area contributed by atoms with Gasteiger partial charge in [0.15, 0.2) is 11.9 Å². The summed E-state index contributed by atoms with van der Waals surface area (Å²) in [5, 5.41) is 11.4. The zero-order valence-corrected chi connectivity index (χ0v) is 10.6. The maximum absolute atomic E-state index is 11.6. The summed E-state index contributed by atoms with van der Waals surface area (Å²) in [5.74, 6) is 0.499. The lowest BCUT2D eigenvalue weighted by Gasteiger charge is -2.13. The SMILES string of the molecule is O=C1CCCC1Oc1ccc([N+](=O)[O-])c2cccnc12. The summed E-state index contributed by atoms with van der Waals surface area (Å²) in [7, 11) is 0. The van der Waals surface area contributed by atoms with Crippen LogP contribution in [0.15, 0.2) is 30.5 Å². The van der Waals surface area contributed by atoms with Crippen molar-refractivity contribution in [2.75, 3.05) is 0 Å². The average molecular weight is 272 g/mol. The molecule has 0 spiro atoms. The maximum Gasteiger partial charge on any atom is 0.279 e. The van der Waals surface area contributed by atoms with Gasteiger partial charge < -0.3 is 4.74 Å². The summed E-state index contributed by atoms with van der Waals surface area (Å²) in [4.78, 5) is 26.3. The molecule has 102 valence electrons. The summed E-state index contributed by atoms with van der Waals surface area (Å²) >= 11 is 0. The van der Waals surface area contributed by atoms with Gasteiger partial charge in [-0.05, 0) is 31.0 Å². The van der Waals surface area contributed by atoms with Crippen molar-refractivity contribution in [3.05, 3.63) is 40.6 Å². The predicted molar refractivity (Wildman–Crippen MR) is 71.7 cm³/mol. The van der Waals surface area contributed by atoms with E-state index < -0.39 is 11.0 Å². The van der Waals surface area contributed by atoms with E-state index in [-0.39, 0.29) is 11.5 Å². The second-order valence-corrected chi connectivity index (χ2v) is 4.70. The molecule has 6 nitrogen and oxygen atoms in total. The third-order valence-corrected chi connectivity index (χ3v) is 3.42. The Morgan fingerprint density at radius 2 is 2.20 bits per heavy atom. The Morgan fingerprint density at radius 1 is 1.35 bits per heavy atom. The molecule has 0 bridgehead atoms. The van der Waals surface area contributed by atoms with Crippen LogP contribution in [0.2, 0.25) is 0 Å². The topological polar surface area (TPSA) is 82.3 Å². The number of non-ortho nitro benzene ring substituents is 1. The normalized spacial score (nSPS) is 18.4. The Kier molecular flexibility index (Phi) is 3.06. The molecule has 6 heteroatoms. The number of pyridine rings is 1. The number of carbonyl (C=O) groups is 1. The van der Waals surface area contributed by atoms with E-state index in [1.807, 2.05) is 0 Å². The molecule has 1 aliphatic rings. The number of ether oxygens (including phenoxy) is 1. The zero-order valence-electron chi connectivity index (χ0n) is 10.6. The van der Waals surface area contributed by atoms with E-state index in [0.29, 0.717) is 29.5 Å². The Morgan fingerprint density at radius 3 is 2.90 bits per heavy atom. The number of benzene rings is 1. The molecule has 20 heavy (non-hydrogen) atoms. The molecule has 3 rings (SSSR count). The summed E-state index contributed by atoms with van der Waals surface area (Å²) in [6, 6.07) is 6.17. The molecule has 1 fully saturated rings. The van der Waals surface area contributed by atoms with E-state index in [4.69, 9.17) is 4.74 Å². The highest BCUT2D eigenvalue weighted by molar-refractivity contribution is 5.93. The standard InChI is InChI=1S/C14H12N2O4/c17-11-4-1-5-12(11)20-13-7-6-10(16(18)19)9-3-2-8-15-14(9)13/h2-3,6-8,12H,1,4-5H2. The summed E-state index contributed by atoms with van der Waals surface area (Å²) < 4.78 is 5.70. The van der Waals surface area contributed by atoms with Crippen molar-refractivity contribution >= 4 is 22.4 Å². The molecule has 0 radical (unpaired) electrons. The first-order chi connectivity index (χ1) is 9.66. The van der Waals surface area contributed by atoms with Gasteiger partial charge >= 0.3 is 0 Å². The van der Waals surface area contributed by atoms with Gasteiger partial charge in [-0.3, -0.25) is 19.9 Å². The number of rotatable bonds is 3. The van der Waals surface area contributed by atoms with Crippen LogP contribution < -0.4 is 4.74 Å². The van der Waals surface area contributed by atoms with E-state index in [0.717, 1.165) is 6.42 Å². The summed E-state index contributed by atoms with van der Waals surface area (Å²) in [6.45, 7) is 0. The number of hydrogen-bond acceptors (Lipinski definition) is 5. The molecule has 1 aliphatic carbocycles. The lowest BCUT2D eigenvalue weighted by atomic mass is 10.1. The van der Waals surface area contributed by atoms with Crippen LogP contribution >= 0.6 is 0 Å². The van der Waals surface area contributed by atoms with Gasteiger partial charge in [0, 0.05) is 18.7 Å². The molecule has 1 aromatic heterocycles. The number of nitrogens with zero attached hydrogens (tertiary/aromatic N) is 2. The van der Waals surface area contributed by atoms with Gasteiger partial charge in [0.1, 0.15) is 11.3 Å². The minimum absolute atomic E-state index is 0.0156. The number of nitro benzene ring substituents is 1. The van der Waals surface area contributed by atoms with E-state index in [2.05, 4.69) is 4.98 Å². The van der Waals surface area contributed by atoms with Crippen LogP contribution in [0.1, 0.15) is 19.3 Å². The average Bonchev–Trinajstić information content (AvgIpc) is 2.84. The Labute approximate surface area is 114 Å². The summed E-state index contributed by atoms with van der Waals surface area (Å²) in [5.41, 5.74) is 0.402. The first-order valence-electron chi connectivity index (χ1n) is 6.38. The minimum Gasteiger partial charge on any atom is -0.480 e. The van der Waals surface area contributed by atoms with Crippen molar-refractivity contribution in [1.29, 1.82) is 0 Å². The van der Waals surface area contributed by atoms with E-state index in [9.17, 15) is 14.9 Å². The van der Waals surface area contributed by atoms with Crippen LogP contribution in [0.5, 0.6) is 5.75 Å². The second-order valence-electron chi connectivity index (χ2n) is 4.70. The molecule has 1 atom stereocenters. The van der Waals surface area contributed by atoms with Gasteiger partial charge in [0.25, 0.3) is 5.69 Å². The fourth-order valence-electron chi connectivity index (χ4n) is 2.45. The van der Waals surface area contributed by atoms with Crippen LogP contribution in [0.25, 0.3) is 10.9 Å². The fourth-order valence-corrected chi connectivity index (χ4v) is 2.45. The largest absolute Gasteiger partial charge is 0.480 e. The number of carbonyl (C=O) groups excluding carboxylic acids is 1. The van der Waals surface area contributed by atoms with E-state index in [1.165, 1.54) is 12.1 Å². The van der Waals surface area contributed by atoms with Gasteiger partial charge in [0.05, 0.1) is 10.3 Å². The quantitative estimate of drug-likeness (QED) is 0.633. The van der Waals surface area contributed by atoms with E-state index in [1.54, 1.807) is 18.3 Å². The van der Waals surface area contributed by atoms with Gasteiger partial charge in [-0.15, -0.1) is 0 Å². The van der Waals surface area contributed by atoms with E-state index >= 15 is 0 Å². The summed E-state index contributed by atoms with van der Waals surface area (Å²) in [6.07, 6.45) is 3.13. The van der Waals surface area contributed by atoms with Crippen LogP contribution in [0.4, 0.5) is 5.69 Å². The monoisotopic (exact) mass is 272 g/mol. The van der Waals surface area contributed by atoms with Crippen molar-refractivity contribution in [3.63, 3.8) is 0 Å². The highest BCUT2D eigenvalue weighted by Crippen LogP contribution is 2.33. The van der Waals surface area contributed by atoms with Gasteiger partial charge in [-0.2, -0.15) is 0 Å². The number of hydrogen-bond donors (Lipinski definition) is 0. The third kappa shape index (κ3) is 2.09. The van der Waals surface area contributed by atoms with Gasteiger partial charge in [-0.25, -0.2) is 0 Å². The molecular formula is C14H12N2O4. The van der Waals surface area contributed by atoms with Crippen LogP contribution in [-0.2, 0) is 4.79 Å². The minimum atomic E-state index is -0.457. The van der Waals surface area contributed by atoms with Crippen molar-refractivity contribution < 1.29 is 14.5 Å². The number of aromatic nitrogens is 1. The second kappa shape index (κ2) is 4.88. The highest BCUT2D eigenvalue weighted by atomic mass is 16.6. The molecule has 1 heterocycles. The third-order valence-electron chi connectivity index (χ3n) is 3.42. The fraction of sp³-hybridized carbons (Fsp3) is 0.286. The first kappa shape index (κ1) is 12.5. The number of fused-ring (bicyclic) bond motifs is 1. The molecule has 1 saturated carbocycles. The molecular weight excluding hydrogens is 260 g/mol. The molecule has 0 saturated heterocycles. The molecule has 1 unspecified atom stereocenters. The maximum atomic E-state index is 11.6. The van der Waals surface area contributed by atoms with Gasteiger partial charge in [-0.1, -0.05) is 0 Å². The predicted octanol–water partition coefficient (Wildman–Crippen LogP) is 2.64. The lowest BCUT2D eigenvalue weighted by Crippen LogP contribution is -2.21. The first-order valence-corrected chi connectivity index (χ1v) is 6.38. The zero-order chi connectivity index (χ0) is 14.1. The van der Waals surface area contributed by atoms with Gasteiger partial charge in [0.2, 0.25) is 0 Å². The molecule has 1 aromatic carbocycles. The number of Topliss-reactive ketones (excluding diaryl/α,β-unsaturated/α-hetero) is 1. The Hall–Kier alpha value is -2.50. The van der Waals surface area contributed by atoms with Crippen LogP contribution in [-0.4, -0.2) is 21.8 Å². The van der Waals surface area contributed by atoms with Crippen molar-refractivity contribution in [1.82, 2.24) is 4.98 Å². The molecule has 0 N–H and O–H groups in total. The van der Waals surface area contributed by atoms with Crippen molar-refractivity contribution in [2.24, 2.45) is 0 Å². The number of nitro groups is 1. The lowest BCUT2D eigenvalue weighted by molar-refractivity contribution is -0.383. The molecule has 2 aromatic rings. The van der Waals surface area contributed by atoms with Crippen molar-refractivity contribution in [3.8, 4) is 5.75 Å². The van der Waals surface area contributed by atoms with Crippen LogP contribution in [0, 0.1) is 10.1 Å². The molecule has 0 amide bonds. The number of ketones is 1. The van der Waals surface area contributed by atoms with Crippen LogP contribution in [0.3, 0.4) is 0 Å². The Balaban J connectivity index is 2.06. The highest BCUT2D eigenvalue weighted by Gasteiger charge is 2.27. The van der Waals surface area contributed by atoms with Crippen molar-refractivity contribution in [2.45, 2.75) is 25.4 Å².